The first-order valence-corrected chi connectivity index (χ1v) is 23.2. The lowest BCUT2D eigenvalue weighted by Crippen LogP contribution is -2.53. The summed E-state index contributed by atoms with van der Waals surface area (Å²) in [5.41, 5.74) is 14.2. The Morgan fingerprint density at radius 2 is 1.47 bits per heavy atom. The molecule has 0 aliphatic carbocycles. The van der Waals surface area contributed by atoms with Gasteiger partial charge in [0.2, 0.25) is 29.5 Å². The first-order valence-electron chi connectivity index (χ1n) is 22.9. The van der Waals surface area contributed by atoms with Crippen LogP contribution >= 0.6 is 11.6 Å². The van der Waals surface area contributed by atoms with Gasteiger partial charge in [0.15, 0.2) is 5.78 Å². The van der Waals surface area contributed by atoms with Gasteiger partial charge in [-0.05, 0) is 137 Å². The maximum atomic E-state index is 14.7. The highest BCUT2D eigenvalue weighted by atomic mass is 35.5. The fourth-order valence-corrected chi connectivity index (χ4v) is 8.68. The number of unbranched alkanes of at least 4 members (excludes halogenated alkanes) is 1. The zero-order valence-corrected chi connectivity index (χ0v) is 39.8. The average Bonchev–Trinajstić information content (AvgIpc) is 3.32. The number of carbonyl (C=O) groups is 7. The number of amides is 6. The summed E-state index contributed by atoms with van der Waals surface area (Å²) in [7, 11) is 1.41. The zero-order valence-electron chi connectivity index (χ0n) is 39.1. The molecule has 6 amide bonds. The monoisotopic (exact) mass is 951 g/mol. The van der Waals surface area contributed by atoms with Crippen LogP contribution in [-0.2, 0) is 35.2 Å². The van der Waals surface area contributed by atoms with Crippen LogP contribution in [0, 0.1) is 11.8 Å². The van der Waals surface area contributed by atoms with Gasteiger partial charge in [-0.25, -0.2) is 0 Å². The molecule has 16 nitrogen and oxygen atoms in total. The van der Waals surface area contributed by atoms with E-state index >= 15 is 0 Å². The second kappa shape index (κ2) is 23.8. The van der Waals surface area contributed by atoms with Gasteiger partial charge in [-0.15, -0.1) is 0 Å². The lowest BCUT2D eigenvalue weighted by molar-refractivity contribution is -0.141. The number of nitrogens with two attached hydrogens (primary N) is 2. The molecule has 1 heterocycles. The summed E-state index contributed by atoms with van der Waals surface area (Å²) in [5.74, 6) is -6.21. The molecule has 6 atom stereocenters. The van der Waals surface area contributed by atoms with Crippen LogP contribution in [0.4, 0.5) is 0 Å². The number of benzene rings is 4. The van der Waals surface area contributed by atoms with E-state index in [0.717, 1.165) is 11.1 Å². The minimum absolute atomic E-state index is 0.00608. The molecule has 9 N–H and O–H groups in total. The molecule has 4 aromatic rings. The summed E-state index contributed by atoms with van der Waals surface area (Å²) >= 11 is 6.06. The number of fused-ring (bicyclic) bond motifs is 5. The van der Waals surface area contributed by atoms with Gasteiger partial charge in [0.25, 0.3) is 5.91 Å². The van der Waals surface area contributed by atoms with Crippen LogP contribution in [-0.4, -0.2) is 106 Å². The summed E-state index contributed by atoms with van der Waals surface area (Å²) in [6, 6.07) is 18.3. The minimum Gasteiger partial charge on any atom is -0.507 e. The number of nitrogens with zero attached hydrogens (tertiary/aromatic N) is 2. The number of hydrogen-bond acceptors (Lipinski definition) is 10. The Balaban J connectivity index is 1.51. The molecule has 0 saturated heterocycles. The van der Waals surface area contributed by atoms with Crippen molar-refractivity contribution in [2.45, 2.75) is 90.4 Å². The number of hydrogen-bond donors (Lipinski definition) is 7. The third-order valence-electron chi connectivity index (χ3n) is 12.4. The first-order chi connectivity index (χ1) is 32.4. The molecule has 0 fully saturated rings. The van der Waals surface area contributed by atoms with Crippen molar-refractivity contribution < 1.29 is 43.8 Å². The smallest absolute Gasteiger partial charge is 0.251 e. The highest BCUT2D eigenvalue weighted by Gasteiger charge is 2.37. The number of Topliss-reactive ketones (excluding diaryl/α,β-unsaturated/α-hetero) is 1. The van der Waals surface area contributed by atoms with E-state index in [9.17, 15) is 43.8 Å². The fraction of sp³-hybridized carbons (Fsp3) is 0.392. The van der Waals surface area contributed by atoms with Crippen LogP contribution in [0.25, 0.3) is 22.3 Å². The van der Waals surface area contributed by atoms with Gasteiger partial charge in [-0.2, -0.15) is 0 Å². The van der Waals surface area contributed by atoms with Crippen LogP contribution in [0.3, 0.4) is 0 Å². The minimum atomic E-state index is -1.42. The third kappa shape index (κ3) is 13.0. The van der Waals surface area contributed by atoms with E-state index in [1.54, 1.807) is 62.4 Å². The fourth-order valence-electron chi connectivity index (χ4n) is 8.55. The van der Waals surface area contributed by atoms with E-state index < -0.39 is 71.4 Å². The number of carbonyl (C=O) groups excluding carboxylic acids is 7. The number of rotatable bonds is 16. The molecule has 362 valence electrons. The Labute approximate surface area is 401 Å². The zero-order chi connectivity index (χ0) is 49.8. The molecule has 0 aromatic heterocycles. The van der Waals surface area contributed by atoms with Crippen LogP contribution in [0.15, 0.2) is 84.9 Å². The number of primary amides is 1. The topological polar surface area (TPSA) is 255 Å². The number of phenols is 2. The molecular weight excluding hydrogens is 890 g/mol. The number of halogens is 1. The van der Waals surface area contributed by atoms with Gasteiger partial charge in [0.05, 0.1) is 12.6 Å². The van der Waals surface area contributed by atoms with E-state index in [1.165, 1.54) is 55.0 Å². The van der Waals surface area contributed by atoms with E-state index in [0.29, 0.717) is 35.5 Å². The van der Waals surface area contributed by atoms with E-state index in [1.807, 2.05) is 12.1 Å². The number of nitrogens with one attached hydrogen (secondary N) is 3. The number of phenolic OH excluding ortho intramolecular Hbond substituents is 2. The van der Waals surface area contributed by atoms with E-state index in [2.05, 4.69) is 16.0 Å². The summed E-state index contributed by atoms with van der Waals surface area (Å²) in [6.45, 7) is 6.64. The lowest BCUT2D eigenvalue weighted by Gasteiger charge is -2.32. The first kappa shape index (κ1) is 52.2. The van der Waals surface area contributed by atoms with Gasteiger partial charge in [0, 0.05) is 47.1 Å². The number of ketones is 1. The van der Waals surface area contributed by atoms with Crippen molar-refractivity contribution in [1.82, 2.24) is 25.8 Å². The summed E-state index contributed by atoms with van der Waals surface area (Å²) < 4.78 is 0. The predicted octanol–water partition coefficient (Wildman–Crippen LogP) is 5.01. The normalized spacial score (nSPS) is 18.2. The standard InChI is InChI=1S/C51H62ClN7O9/c1-6-32-26-37(48(65)56-30(4)50(67)59(7-2)28-44(54)62)24-31-11-21-42(60)39(25-31)40-27-36(18-22-43(40)61)45(49(66)55-29(3)46(32)63)58(5)51(68)41(10-8-9-23-53)57-47(64)35-14-12-33(13-15-35)34-16-19-38(52)20-17-34/h11-22,25,27,29-30,32,37,41,45,60-61H,6-10,23-24,26,28,53H2,1-5H3,(H2,54,62)(H,55,66)(H,56,65)(H,57,64). The van der Waals surface area contributed by atoms with Gasteiger partial charge in [-0.1, -0.05) is 54.9 Å². The quantitative estimate of drug-likeness (QED) is 0.0739. The van der Waals surface area contributed by atoms with E-state index in [-0.39, 0.29) is 72.7 Å². The van der Waals surface area contributed by atoms with E-state index in [4.69, 9.17) is 23.1 Å². The summed E-state index contributed by atoms with van der Waals surface area (Å²) in [4.78, 5) is 98.9. The molecular formula is C51H62ClN7O9. The largest absolute Gasteiger partial charge is 0.507 e. The number of aromatic hydroxyl groups is 2. The molecule has 0 saturated carbocycles. The Morgan fingerprint density at radius 3 is 2.07 bits per heavy atom. The second-order valence-electron chi connectivity index (χ2n) is 17.3. The van der Waals surface area contributed by atoms with Crippen molar-refractivity contribution in [3.8, 4) is 33.8 Å². The molecule has 68 heavy (non-hydrogen) atoms. The Hall–Kier alpha value is -6.78. The van der Waals surface area contributed by atoms with Gasteiger partial charge < -0.3 is 47.4 Å². The molecule has 1 aliphatic heterocycles. The lowest BCUT2D eigenvalue weighted by atomic mass is 9.83. The molecule has 4 aromatic carbocycles. The summed E-state index contributed by atoms with van der Waals surface area (Å²) in [6.07, 6.45) is 1.55. The van der Waals surface area contributed by atoms with Crippen molar-refractivity contribution in [3.63, 3.8) is 0 Å². The maximum Gasteiger partial charge on any atom is 0.251 e. The van der Waals surface area contributed by atoms with Crippen LogP contribution in [0.2, 0.25) is 5.02 Å². The van der Waals surface area contributed by atoms with Crippen molar-refractivity contribution >= 4 is 52.8 Å². The Bertz CT molecular complexity index is 2480. The van der Waals surface area contributed by atoms with Crippen LogP contribution in [0.1, 0.15) is 87.3 Å². The maximum absolute atomic E-state index is 14.7. The third-order valence-corrected chi connectivity index (χ3v) is 12.7. The number of likely N-dealkylation sites (N-methyl/N-ethyl adjacent to an activating group) is 2. The Kier molecular flexibility index (Phi) is 18.3. The van der Waals surface area contributed by atoms with Gasteiger partial charge in [-0.3, -0.25) is 33.6 Å². The molecule has 4 bridgehead atoms. The molecule has 6 unspecified atom stereocenters. The highest BCUT2D eigenvalue weighted by Crippen LogP contribution is 2.39. The van der Waals surface area contributed by atoms with Gasteiger partial charge in [0.1, 0.15) is 29.6 Å². The Morgan fingerprint density at radius 1 is 0.853 bits per heavy atom. The average molecular weight is 953 g/mol. The second-order valence-corrected chi connectivity index (χ2v) is 17.7. The van der Waals surface area contributed by atoms with Crippen LogP contribution < -0.4 is 27.4 Å². The SMILES string of the molecule is CCC1CC(C(=O)NC(C)C(=O)N(CC)CC(N)=O)Cc2ccc(O)c(c2)-c2cc(ccc2O)C(N(C)C(=O)C(CCCCN)NC(=O)c2ccc(-c3ccc(Cl)cc3)cc2)C(=O)NC(C)C1=O. The molecule has 17 heteroatoms. The van der Waals surface area contributed by atoms with Crippen molar-refractivity contribution in [1.29, 1.82) is 0 Å². The van der Waals surface area contributed by atoms with Crippen LogP contribution in [0.5, 0.6) is 11.5 Å². The van der Waals surface area contributed by atoms with Crippen molar-refractivity contribution in [2.75, 3.05) is 26.7 Å². The predicted molar refractivity (Wildman–Crippen MR) is 259 cm³/mol. The van der Waals surface area contributed by atoms with Gasteiger partial charge >= 0.3 is 0 Å². The molecule has 5 rings (SSSR count). The van der Waals surface area contributed by atoms with Crippen molar-refractivity contribution in [3.05, 3.63) is 107 Å². The molecule has 1 aliphatic rings. The highest BCUT2D eigenvalue weighted by molar-refractivity contribution is 6.30. The van der Waals surface area contributed by atoms with Crippen molar-refractivity contribution in [2.24, 2.45) is 23.3 Å². The summed E-state index contributed by atoms with van der Waals surface area (Å²) in [5, 5.41) is 31.6. The molecule has 0 spiro atoms. The molecule has 0 radical (unpaired) electrons.